The molecule has 1 nitrogen and oxygen atoms in total. The fourth-order valence-corrected chi connectivity index (χ4v) is 3.10. The second-order valence-corrected chi connectivity index (χ2v) is 6.29. The van der Waals surface area contributed by atoms with Crippen molar-refractivity contribution in [3.63, 3.8) is 0 Å². The molecular weight excluding hydrogens is 317 g/mol. The lowest BCUT2D eigenvalue weighted by atomic mass is 9.76. The second kappa shape index (κ2) is 5.57. The Balaban J connectivity index is 1.61. The molecule has 0 aromatic heterocycles. The molecule has 104 valence electrons. The summed E-state index contributed by atoms with van der Waals surface area (Å²) in [4.78, 5) is 0. The van der Waals surface area contributed by atoms with Crippen LogP contribution in [0.15, 0.2) is 46.9 Å². The van der Waals surface area contributed by atoms with Crippen LogP contribution in [0, 0.1) is 12.7 Å². The van der Waals surface area contributed by atoms with Gasteiger partial charge in [0.2, 0.25) is 0 Å². The molecule has 1 N–H and O–H groups in total. The second-order valence-electron chi connectivity index (χ2n) is 5.50. The zero-order valence-corrected chi connectivity index (χ0v) is 13.0. The van der Waals surface area contributed by atoms with Crippen LogP contribution in [0.25, 0.3) is 0 Å². The van der Waals surface area contributed by atoms with E-state index >= 15 is 0 Å². The minimum Gasteiger partial charge on any atom is -0.381 e. The van der Waals surface area contributed by atoms with Crippen molar-refractivity contribution in [2.45, 2.75) is 31.7 Å². The third kappa shape index (κ3) is 2.73. The summed E-state index contributed by atoms with van der Waals surface area (Å²) in [7, 11) is 0. The Morgan fingerprint density at radius 1 is 1.10 bits per heavy atom. The molecule has 0 amide bonds. The molecule has 1 fully saturated rings. The van der Waals surface area contributed by atoms with Gasteiger partial charge in [0.1, 0.15) is 5.82 Å². The van der Waals surface area contributed by atoms with Crippen LogP contribution < -0.4 is 5.32 Å². The van der Waals surface area contributed by atoms with Crippen molar-refractivity contribution in [3.05, 3.63) is 63.9 Å². The third-order valence-corrected chi connectivity index (χ3v) is 5.08. The van der Waals surface area contributed by atoms with Crippen LogP contribution >= 0.6 is 15.9 Å². The number of aryl methyl sites for hydroxylation is 1. The Labute approximate surface area is 127 Å². The molecule has 0 unspecified atom stereocenters. The number of halogens is 2. The fraction of sp³-hybridized carbons (Fsp3) is 0.294. The van der Waals surface area contributed by atoms with Crippen molar-refractivity contribution in [3.8, 4) is 0 Å². The Kier molecular flexibility index (Phi) is 3.79. The number of hydrogen-bond donors (Lipinski definition) is 1. The van der Waals surface area contributed by atoms with Crippen molar-refractivity contribution >= 4 is 21.6 Å². The number of rotatable bonds is 3. The van der Waals surface area contributed by atoms with E-state index in [2.05, 4.69) is 46.4 Å². The number of anilines is 1. The first-order valence-corrected chi connectivity index (χ1v) is 7.70. The van der Waals surface area contributed by atoms with E-state index in [4.69, 9.17) is 0 Å². The van der Waals surface area contributed by atoms with Gasteiger partial charge in [-0.15, -0.1) is 0 Å². The summed E-state index contributed by atoms with van der Waals surface area (Å²) >= 11 is 3.63. The topological polar surface area (TPSA) is 12.0 Å². The van der Waals surface area contributed by atoms with Gasteiger partial charge in [0.25, 0.3) is 0 Å². The largest absolute Gasteiger partial charge is 0.381 e. The van der Waals surface area contributed by atoms with Gasteiger partial charge in [0.15, 0.2) is 0 Å². The molecule has 0 spiro atoms. The van der Waals surface area contributed by atoms with Crippen LogP contribution in [0.3, 0.4) is 0 Å². The first kappa shape index (κ1) is 13.6. The number of benzene rings is 2. The Morgan fingerprint density at radius 3 is 2.50 bits per heavy atom. The van der Waals surface area contributed by atoms with Crippen LogP contribution in [-0.4, -0.2) is 6.04 Å². The van der Waals surface area contributed by atoms with Gasteiger partial charge < -0.3 is 5.32 Å². The molecule has 1 saturated carbocycles. The van der Waals surface area contributed by atoms with Gasteiger partial charge in [-0.05, 0) is 70.9 Å². The maximum atomic E-state index is 12.9. The summed E-state index contributed by atoms with van der Waals surface area (Å²) in [5.41, 5.74) is 3.64. The molecule has 2 aromatic carbocycles. The van der Waals surface area contributed by atoms with Crippen LogP contribution in [0.5, 0.6) is 0 Å². The average Bonchev–Trinajstić information content (AvgIpc) is 2.39. The highest BCUT2D eigenvalue weighted by molar-refractivity contribution is 9.10. The van der Waals surface area contributed by atoms with Gasteiger partial charge in [-0.3, -0.25) is 0 Å². The molecule has 0 saturated heterocycles. The average molecular weight is 334 g/mol. The lowest BCUT2D eigenvalue weighted by Crippen LogP contribution is -2.34. The van der Waals surface area contributed by atoms with Crippen LogP contribution in [0.4, 0.5) is 10.1 Å². The SMILES string of the molecule is Cc1cccc(NC2CC(c3ccc(F)cc3)C2)c1Br. The summed E-state index contributed by atoms with van der Waals surface area (Å²) in [5.74, 6) is 0.392. The molecule has 0 heterocycles. The van der Waals surface area contributed by atoms with Gasteiger partial charge in [0.05, 0.1) is 0 Å². The maximum absolute atomic E-state index is 12.9. The molecule has 0 bridgehead atoms. The first-order chi connectivity index (χ1) is 9.63. The van der Waals surface area contributed by atoms with Crippen molar-refractivity contribution in [2.24, 2.45) is 0 Å². The van der Waals surface area contributed by atoms with E-state index < -0.39 is 0 Å². The smallest absolute Gasteiger partial charge is 0.123 e. The summed E-state index contributed by atoms with van der Waals surface area (Å²) < 4.78 is 14.0. The van der Waals surface area contributed by atoms with Crippen LogP contribution in [0.1, 0.15) is 29.9 Å². The van der Waals surface area contributed by atoms with E-state index in [0.717, 1.165) is 23.0 Å². The van der Waals surface area contributed by atoms with E-state index in [0.29, 0.717) is 12.0 Å². The summed E-state index contributed by atoms with van der Waals surface area (Å²) in [6.45, 7) is 2.09. The minimum absolute atomic E-state index is 0.161. The highest BCUT2D eigenvalue weighted by Gasteiger charge is 2.30. The highest BCUT2D eigenvalue weighted by Crippen LogP contribution is 2.39. The molecule has 3 rings (SSSR count). The van der Waals surface area contributed by atoms with Crippen LogP contribution in [-0.2, 0) is 0 Å². The Bertz CT molecular complexity index is 603. The molecular formula is C17H17BrFN. The molecule has 2 aromatic rings. The maximum Gasteiger partial charge on any atom is 0.123 e. The molecule has 3 heteroatoms. The first-order valence-electron chi connectivity index (χ1n) is 6.90. The van der Waals surface area contributed by atoms with E-state index in [9.17, 15) is 4.39 Å². The molecule has 1 aliphatic rings. The van der Waals surface area contributed by atoms with E-state index in [-0.39, 0.29) is 5.82 Å². The van der Waals surface area contributed by atoms with E-state index in [1.54, 1.807) is 12.1 Å². The van der Waals surface area contributed by atoms with Crippen molar-refractivity contribution < 1.29 is 4.39 Å². The van der Waals surface area contributed by atoms with Gasteiger partial charge in [-0.2, -0.15) is 0 Å². The highest BCUT2D eigenvalue weighted by atomic mass is 79.9. The van der Waals surface area contributed by atoms with Gasteiger partial charge in [-0.25, -0.2) is 4.39 Å². The predicted octanol–water partition coefficient (Wildman–Crippen LogP) is 5.25. The van der Waals surface area contributed by atoms with Crippen LogP contribution in [0.2, 0.25) is 0 Å². The monoisotopic (exact) mass is 333 g/mol. The summed E-state index contributed by atoms with van der Waals surface area (Å²) in [6, 6.07) is 13.7. The quantitative estimate of drug-likeness (QED) is 0.808. The summed E-state index contributed by atoms with van der Waals surface area (Å²) in [6.07, 6.45) is 2.21. The Hall–Kier alpha value is -1.35. The predicted molar refractivity (Wildman–Crippen MR) is 84.7 cm³/mol. The number of hydrogen-bond acceptors (Lipinski definition) is 1. The third-order valence-electron chi connectivity index (χ3n) is 4.03. The molecule has 0 atom stereocenters. The van der Waals surface area contributed by atoms with Crippen molar-refractivity contribution in [2.75, 3.05) is 5.32 Å². The molecule has 0 radical (unpaired) electrons. The lowest BCUT2D eigenvalue weighted by Gasteiger charge is -2.37. The number of nitrogens with one attached hydrogen (secondary N) is 1. The standard InChI is InChI=1S/C17H17BrFN/c1-11-3-2-4-16(17(11)18)20-15-9-13(10-15)12-5-7-14(19)8-6-12/h2-8,13,15,20H,9-10H2,1H3. The van der Waals surface area contributed by atoms with Crippen molar-refractivity contribution in [1.82, 2.24) is 0 Å². The normalized spacial score (nSPS) is 21.4. The zero-order chi connectivity index (χ0) is 14.1. The molecule has 0 aliphatic heterocycles. The lowest BCUT2D eigenvalue weighted by molar-refractivity contribution is 0.374. The van der Waals surface area contributed by atoms with Gasteiger partial charge in [0, 0.05) is 16.2 Å². The van der Waals surface area contributed by atoms with E-state index in [1.165, 1.54) is 11.1 Å². The summed E-state index contributed by atoms with van der Waals surface area (Å²) in [5, 5.41) is 3.58. The Morgan fingerprint density at radius 2 is 1.80 bits per heavy atom. The van der Waals surface area contributed by atoms with Gasteiger partial charge >= 0.3 is 0 Å². The minimum atomic E-state index is -0.161. The zero-order valence-electron chi connectivity index (χ0n) is 11.4. The van der Waals surface area contributed by atoms with Gasteiger partial charge in [-0.1, -0.05) is 24.3 Å². The van der Waals surface area contributed by atoms with E-state index in [1.807, 2.05) is 12.1 Å². The molecule has 1 aliphatic carbocycles. The fourth-order valence-electron chi connectivity index (χ4n) is 2.72. The molecule has 20 heavy (non-hydrogen) atoms. The van der Waals surface area contributed by atoms with Crippen molar-refractivity contribution in [1.29, 1.82) is 0 Å².